The number of hydrogen-bond acceptors (Lipinski definition) is 6. The molecular formula is C71H114O6. The van der Waals surface area contributed by atoms with Crippen molar-refractivity contribution < 1.29 is 28.6 Å². The molecule has 0 fully saturated rings. The average Bonchev–Trinajstić information content (AvgIpc) is 3.43. The summed E-state index contributed by atoms with van der Waals surface area (Å²) in [6.07, 6.45) is 91.3. The Morgan fingerprint density at radius 1 is 0.260 bits per heavy atom. The van der Waals surface area contributed by atoms with Gasteiger partial charge in [-0.15, -0.1) is 0 Å². The first-order chi connectivity index (χ1) is 38.0. The highest BCUT2D eigenvalue weighted by molar-refractivity contribution is 5.71. The predicted molar refractivity (Wildman–Crippen MR) is 334 cm³/mol. The van der Waals surface area contributed by atoms with E-state index in [0.29, 0.717) is 19.3 Å². The van der Waals surface area contributed by atoms with Gasteiger partial charge < -0.3 is 14.2 Å². The maximum atomic E-state index is 12.9. The van der Waals surface area contributed by atoms with Gasteiger partial charge in [0, 0.05) is 19.3 Å². The molecule has 0 aromatic heterocycles. The smallest absolute Gasteiger partial charge is 0.306 e. The third-order valence-corrected chi connectivity index (χ3v) is 12.8. The van der Waals surface area contributed by atoms with Crippen molar-refractivity contribution in [3.8, 4) is 0 Å². The minimum Gasteiger partial charge on any atom is -0.462 e. The summed E-state index contributed by atoms with van der Waals surface area (Å²) in [6, 6.07) is 0. The first-order valence-electron chi connectivity index (χ1n) is 31.3. The lowest BCUT2D eigenvalue weighted by Crippen LogP contribution is -2.30. The number of allylic oxidation sites excluding steroid dienone is 24. The summed E-state index contributed by atoms with van der Waals surface area (Å²) in [7, 11) is 0. The van der Waals surface area contributed by atoms with Gasteiger partial charge in [0.05, 0.1) is 0 Å². The van der Waals surface area contributed by atoms with Gasteiger partial charge in [-0.2, -0.15) is 0 Å². The third-order valence-electron chi connectivity index (χ3n) is 12.8. The molecule has 434 valence electrons. The second-order valence-electron chi connectivity index (χ2n) is 20.2. The summed E-state index contributed by atoms with van der Waals surface area (Å²) in [5.41, 5.74) is 0. The van der Waals surface area contributed by atoms with Gasteiger partial charge in [-0.3, -0.25) is 14.4 Å². The fourth-order valence-electron chi connectivity index (χ4n) is 8.24. The molecule has 0 aliphatic rings. The Morgan fingerprint density at radius 3 is 0.727 bits per heavy atom. The Labute approximate surface area is 474 Å². The van der Waals surface area contributed by atoms with E-state index in [0.717, 1.165) is 173 Å². The second kappa shape index (κ2) is 63.8. The Hall–Kier alpha value is -4.71. The van der Waals surface area contributed by atoms with E-state index in [1.165, 1.54) is 51.4 Å². The van der Waals surface area contributed by atoms with Crippen LogP contribution in [0, 0.1) is 0 Å². The van der Waals surface area contributed by atoms with Crippen molar-refractivity contribution >= 4 is 17.9 Å². The van der Waals surface area contributed by atoms with Gasteiger partial charge in [-0.25, -0.2) is 0 Å². The van der Waals surface area contributed by atoms with Gasteiger partial charge >= 0.3 is 17.9 Å². The first-order valence-corrected chi connectivity index (χ1v) is 31.3. The number of ether oxygens (including phenoxy) is 3. The monoisotopic (exact) mass is 1060 g/mol. The Morgan fingerprint density at radius 2 is 0.468 bits per heavy atom. The number of carbonyl (C=O) groups excluding carboxylic acids is 3. The fraction of sp³-hybridized carbons (Fsp3) is 0.620. The summed E-state index contributed by atoms with van der Waals surface area (Å²) < 4.78 is 16.9. The molecule has 0 radical (unpaired) electrons. The molecule has 0 aromatic rings. The lowest BCUT2D eigenvalue weighted by Gasteiger charge is -2.18. The summed E-state index contributed by atoms with van der Waals surface area (Å²) >= 11 is 0. The van der Waals surface area contributed by atoms with Crippen LogP contribution in [-0.2, 0) is 28.6 Å². The second-order valence-corrected chi connectivity index (χ2v) is 20.2. The van der Waals surface area contributed by atoms with E-state index in [1.54, 1.807) is 0 Å². The lowest BCUT2D eigenvalue weighted by atomic mass is 10.1. The molecule has 0 bridgehead atoms. The number of hydrogen-bond donors (Lipinski definition) is 0. The molecule has 0 saturated heterocycles. The van der Waals surface area contributed by atoms with Crippen molar-refractivity contribution in [2.45, 2.75) is 271 Å². The van der Waals surface area contributed by atoms with Crippen LogP contribution in [0.25, 0.3) is 0 Å². The van der Waals surface area contributed by atoms with Gasteiger partial charge in [-0.05, 0) is 135 Å². The van der Waals surface area contributed by atoms with E-state index in [-0.39, 0.29) is 31.1 Å². The molecular weight excluding hydrogens is 949 g/mol. The van der Waals surface area contributed by atoms with Crippen molar-refractivity contribution in [1.82, 2.24) is 0 Å². The summed E-state index contributed by atoms with van der Waals surface area (Å²) in [4.78, 5) is 38.3. The minimum absolute atomic E-state index is 0.0991. The van der Waals surface area contributed by atoms with Crippen molar-refractivity contribution in [2.75, 3.05) is 13.2 Å². The largest absolute Gasteiger partial charge is 0.462 e. The molecule has 6 heteroatoms. The summed E-state index contributed by atoms with van der Waals surface area (Å²) in [5, 5.41) is 0. The maximum Gasteiger partial charge on any atom is 0.306 e. The van der Waals surface area contributed by atoms with Gasteiger partial charge in [0.2, 0.25) is 0 Å². The standard InChI is InChI=1S/C71H114O6/c1-4-7-10-13-16-19-22-25-28-30-32-34-35-37-38-40-43-46-49-52-55-58-61-64-70(73)76-67-68(66-75-69(72)63-60-57-54-51-48-45-42-27-24-21-18-15-12-9-6-3)77-71(74)65-62-59-56-53-50-47-44-41-39-36-33-31-29-26-23-20-17-14-11-8-5-2/h7-12,16-21,25-29,32-34,36,41-42,44,68H,4-6,13-15,22-24,30-31,35,37-40,43,45-67H2,1-3H3/b10-7-,11-8-,12-9-,19-16-,20-17-,21-18-,28-25-,29-26-,34-32-,36-33-,42-27-,44-41-. The maximum absolute atomic E-state index is 12.9. The van der Waals surface area contributed by atoms with Crippen LogP contribution in [0.4, 0.5) is 0 Å². The molecule has 0 heterocycles. The van der Waals surface area contributed by atoms with Crippen LogP contribution in [-0.4, -0.2) is 37.2 Å². The molecule has 0 N–H and O–H groups in total. The van der Waals surface area contributed by atoms with Crippen LogP contribution in [0.3, 0.4) is 0 Å². The van der Waals surface area contributed by atoms with E-state index in [2.05, 4.69) is 167 Å². The lowest BCUT2D eigenvalue weighted by molar-refractivity contribution is -0.167. The zero-order valence-electron chi connectivity index (χ0n) is 49.7. The average molecular weight is 1060 g/mol. The van der Waals surface area contributed by atoms with E-state index in [4.69, 9.17) is 14.2 Å². The summed E-state index contributed by atoms with van der Waals surface area (Å²) in [6.45, 7) is 6.27. The van der Waals surface area contributed by atoms with Crippen LogP contribution >= 0.6 is 0 Å². The molecule has 0 aliphatic heterocycles. The quantitative estimate of drug-likeness (QED) is 0.0261. The van der Waals surface area contributed by atoms with E-state index >= 15 is 0 Å². The van der Waals surface area contributed by atoms with Gasteiger partial charge in [-0.1, -0.05) is 256 Å². The van der Waals surface area contributed by atoms with Crippen LogP contribution in [0.1, 0.15) is 265 Å². The molecule has 0 spiro atoms. The van der Waals surface area contributed by atoms with Gasteiger partial charge in [0.15, 0.2) is 6.10 Å². The van der Waals surface area contributed by atoms with Crippen LogP contribution < -0.4 is 0 Å². The highest BCUT2D eigenvalue weighted by atomic mass is 16.6. The molecule has 0 rings (SSSR count). The SMILES string of the molecule is CC/C=C\C/C=C\C/C=C\C/C=C\C/C=C\CCCCCCCC(=O)OC(COC(=O)CCCCCCC/C=C\C/C=C\C/C=C\CC)COC(=O)CCCCCCCCCCCC/C=C\C/C=C\C/C=C\C/C=C\CC. The van der Waals surface area contributed by atoms with Gasteiger partial charge in [0.1, 0.15) is 13.2 Å². The highest BCUT2D eigenvalue weighted by Gasteiger charge is 2.19. The predicted octanol–water partition coefficient (Wildman–Crippen LogP) is 21.5. The molecule has 0 aromatic carbocycles. The Bertz CT molecular complexity index is 1700. The van der Waals surface area contributed by atoms with Crippen molar-refractivity contribution in [1.29, 1.82) is 0 Å². The van der Waals surface area contributed by atoms with E-state index < -0.39 is 6.10 Å². The highest BCUT2D eigenvalue weighted by Crippen LogP contribution is 2.15. The number of unbranched alkanes of at least 4 members (excludes halogenated alkanes) is 20. The summed E-state index contributed by atoms with van der Waals surface area (Å²) in [5.74, 6) is -0.940. The number of esters is 3. The molecule has 0 amide bonds. The third kappa shape index (κ3) is 62.0. The van der Waals surface area contributed by atoms with E-state index in [9.17, 15) is 14.4 Å². The van der Waals surface area contributed by atoms with Crippen molar-refractivity contribution in [3.63, 3.8) is 0 Å². The van der Waals surface area contributed by atoms with Crippen molar-refractivity contribution in [2.24, 2.45) is 0 Å². The zero-order valence-corrected chi connectivity index (χ0v) is 49.7. The van der Waals surface area contributed by atoms with Crippen LogP contribution in [0.15, 0.2) is 146 Å². The number of carbonyl (C=O) groups is 3. The normalized spacial score (nSPS) is 13.1. The molecule has 0 aliphatic carbocycles. The van der Waals surface area contributed by atoms with Crippen LogP contribution in [0.5, 0.6) is 0 Å². The zero-order chi connectivity index (χ0) is 55.7. The molecule has 77 heavy (non-hydrogen) atoms. The number of rotatable bonds is 55. The topological polar surface area (TPSA) is 78.9 Å². The first kappa shape index (κ1) is 72.3. The Balaban J connectivity index is 4.45. The molecule has 6 nitrogen and oxygen atoms in total. The van der Waals surface area contributed by atoms with Crippen molar-refractivity contribution in [3.05, 3.63) is 146 Å². The fourth-order valence-corrected chi connectivity index (χ4v) is 8.24. The Kier molecular flexibility index (Phi) is 59.9. The van der Waals surface area contributed by atoms with E-state index in [1.807, 2.05) is 0 Å². The molecule has 1 atom stereocenters. The molecule has 1 unspecified atom stereocenters. The van der Waals surface area contributed by atoms with Crippen LogP contribution in [0.2, 0.25) is 0 Å². The molecule has 0 saturated carbocycles. The van der Waals surface area contributed by atoms with Gasteiger partial charge in [0.25, 0.3) is 0 Å². The minimum atomic E-state index is -0.805.